The van der Waals surface area contributed by atoms with Crippen LogP contribution in [0.3, 0.4) is 0 Å². The van der Waals surface area contributed by atoms with E-state index in [1.807, 2.05) is 54.6 Å². The van der Waals surface area contributed by atoms with Gasteiger partial charge in [-0.2, -0.15) is 0 Å². The van der Waals surface area contributed by atoms with Crippen LogP contribution in [0.2, 0.25) is 0 Å². The number of benzene rings is 2. The van der Waals surface area contributed by atoms with Crippen LogP contribution in [0.1, 0.15) is 5.56 Å². The predicted molar refractivity (Wildman–Crippen MR) is 111 cm³/mol. The van der Waals surface area contributed by atoms with E-state index in [0.29, 0.717) is 5.13 Å². The van der Waals surface area contributed by atoms with Crippen molar-refractivity contribution in [2.45, 2.75) is 0 Å². The lowest BCUT2D eigenvalue weighted by atomic mass is 10.0. The quantitative estimate of drug-likeness (QED) is 0.504. The molecule has 3 aromatic rings. The summed E-state index contributed by atoms with van der Waals surface area (Å²) in [7, 11) is 0. The molecule has 2 N–H and O–H groups in total. The molecule has 0 bridgehead atoms. The molecule has 1 saturated heterocycles. The predicted octanol–water partition coefficient (Wildman–Crippen LogP) is 3.34. The molecule has 0 atom stereocenters. The number of amides is 4. The van der Waals surface area contributed by atoms with Crippen molar-refractivity contribution in [1.29, 1.82) is 0 Å². The number of nitrogens with one attached hydrogen (secondary N) is 2. The summed E-state index contributed by atoms with van der Waals surface area (Å²) >= 11 is 1.25. The molecule has 7 nitrogen and oxygen atoms in total. The van der Waals surface area contributed by atoms with Crippen LogP contribution in [0.15, 0.2) is 71.9 Å². The van der Waals surface area contributed by atoms with Crippen LogP contribution >= 0.6 is 11.3 Å². The van der Waals surface area contributed by atoms with E-state index < -0.39 is 17.8 Å². The molecule has 0 unspecified atom stereocenters. The molecule has 2 heterocycles. The average molecular weight is 404 g/mol. The van der Waals surface area contributed by atoms with Crippen molar-refractivity contribution in [3.63, 3.8) is 0 Å². The van der Waals surface area contributed by atoms with Crippen molar-refractivity contribution >= 4 is 40.4 Å². The molecule has 8 heteroatoms. The molecule has 4 rings (SSSR count). The molecular weight excluding hydrogens is 388 g/mol. The first-order chi connectivity index (χ1) is 14.1. The number of rotatable bonds is 5. The summed E-state index contributed by atoms with van der Waals surface area (Å²) in [5.41, 5.74) is 3.04. The Bertz CT molecular complexity index is 1080. The zero-order chi connectivity index (χ0) is 20.2. The number of aromatic nitrogens is 1. The van der Waals surface area contributed by atoms with Crippen molar-refractivity contribution in [2.24, 2.45) is 0 Å². The molecule has 0 aliphatic carbocycles. The Morgan fingerprint density at radius 2 is 1.79 bits per heavy atom. The first-order valence-electron chi connectivity index (χ1n) is 8.79. The van der Waals surface area contributed by atoms with Gasteiger partial charge in [-0.05, 0) is 22.8 Å². The van der Waals surface area contributed by atoms with E-state index in [4.69, 9.17) is 0 Å². The molecule has 0 saturated carbocycles. The number of hydrogen-bond donors (Lipinski definition) is 2. The first kappa shape index (κ1) is 18.6. The van der Waals surface area contributed by atoms with Gasteiger partial charge in [0.1, 0.15) is 12.2 Å². The third-order valence-corrected chi connectivity index (χ3v) is 4.96. The fourth-order valence-corrected chi connectivity index (χ4v) is 3.42. The van der Waals surface area contributed by atoms with Gasteiger partial charge in [0.05, 0.1) is 0 Å². The fourth-order valence-electron chi connectivity index (χ4n) is 2.87. The van der Waals surface area contributed by atoms with Gasteiger partial charge in [-0.3, -0.25) is 9.59 Å². The van der Waals surface area contributed by atoms with Crippen LogP contribution in [0.25, 0.3) is 17.2 Å². The zero-order valence-corrected chi connectivity index (χ0v) is 16.0. The monoisotopic (exact) mass is 404 g/mol. The van der Waals surface area contributed by atoms with Crippen molar-refractivity contribution in [2.75, 3.05) is 11.9 Å². The van der Waals surface area contributed by atoms with Crippen LogP contribution in [0.5, 0.6) is 0 Å². The van der Waals surface area contributed by atoms with Crippen molar-refractivity contribution in [1.82, 2.24) is 15.2 Å². The van der Waals surface area contributed by atoms with E-state index in [1.54, 1.807) is 17.7 Å². The molecule has 1 aliphatic rings. The minimum Gasteiger partial charge on any atom is -0.303 e. The van der Waals surface area contributed by atoms with Crippen LogP contribution in [-0.4, -0.2) is 34.3 Å². The molecule has 1 fully saturated rings. The Labute approximate surface area is 170 Å². The lowest BCUT2D eigenvalue weighted by molar-refractivity contribution is -0.127. The van der Waals surface area contributed by atoms with Crippen LogP contribution in [0, 0.1) is 0 Å². The second-order valence-corrected chi connectivity index (χ2v) is 7.15. The molecule has 0 radical (unpaired) electrons. The minimum atomic E-state index is -0.628. The maximum Gasteiger partial charge on any atom is 0.329 e. The number of carbonyl (C=O) groups excluding carboxylic acids is 3. The summed E-state index contributed by atoms with van der Waals surface area (Å²) < 4.78 is 0. The van der Waals surface area contributed by atoms with E-state index >= 15 is 0 Å². The van der Waals surface area contributed by atoms with Crippen LogP contribution in [-0.2, 0) is 9.59 Å². The number of urea groups is 1. The first-order valence-corrected chi connectivity index (χ1v) is 9.67. The number of thiazole rings is 1. The maximum atomic E-state index is 12.5. The Morgan fingerprint density at radius 3 is 2.48 bits per heavy atom. The Kier molecular flexibility index (Phi) is 5.17. The summed E-state index contributed by atoms with van der Waals surface area (Å²) in [6.07, 6.45) is 3.14. The summed E-state index contributed by atoms with van der Waals surface area (Å²) in [6, 6.07) is 16.9. The molecule has 144 valence electrons. The van der Waals surface area contributed by atoms with Gasteiger partial charge in [0.2, 0.25) is 5.91 Å². The van der Waals surface area contributed by atoms with E-state index in [0.717, 1.165) is 21.6 Å². The summed E-state index contributed by atoms with van der Waals surface area (Å²) in [6.45, 7) is -0.380. The van der Waals surface area contributed by atoms with Crippen LogP contribution in [0.4, 0.5) is 9.93 Å². The second-order valence-electron chi connectivity index (χ2n) is 6.25. The largest absolute Gasteiger partial charge is 0.329 e. The summed E-state index contributed by atoms with van der Waals surface area (Å²) in [5, 5.41) is 7.20. The third-order valence-electron chi connectivity index (χ3n) is 4.27. The number of anilines is 1. The van der Waals surface area contributed by atoms with Crippen molar-refractivity contribution in [3.05, 3.63) is 77.4 Å². The highest BCUT2D eigenvalue weighted by Gasteiger charge is 2.34. The van der Waals surface area contributed by atoms with Gasteiger partial charge in [-0.25, -0.2) is 14.7 Å². The number of imide groups is 1. The Balaban J connectivity index is 1.45. The van der Waals surface area contributed by atoms with Gasteiger partial charge in [-0.1, -0.05) is 54.6 Å². The van der Waals surface area contributed by atoms with Crippen LogP contribution < -0.4 is 10.6 Å². The molecule has 2 aromatic carbocycles. The third kappa shape index (κ3) is 4.22. The average Bonchev–Trinajstić information content (AvgIpc) is 3.33. The molecule has 1 aliphatic heterocycles. The van der Waals surface area contributed by atoms with Crippen molar-refractivity contribution in [3.8, 4) is 11.1 Å². The summed E-state index contributed by atoms with van der Waals surface area (Å²) in [5.74, 6) is -1.03. The van der Waals surface area contributed by atoms with Gasteiger partial charge < -0.3 is 10.6 Å². The fraction of sp³-hybridized carbons (Fsp3) is 0.0476. The molecule has 4 amide bonds. The van der Waals surface area contributed by atoms with Gasteiger partial charge >= 0.3 is 6.03 Å². The van der Waals surface area contributed by atoms with E-state index in [9.17, 15) is 14.4 Å². The summed E-state index contributed by atoms with van der Waals surface area (Å²) in [4.78, 5) is 41.5. The molecular formula is C21H16N4O3S. The number of hydrogen-bond acceptors (Lipinski definition) is 5. The zero-order valence-electron chi connectivity index (χ0n) is 15.2. The van der Waals surface area contributed by atoms with E-state index in [-0.39, 0.29) is 12.2 Å². The van der Waals surface area contributed by atoms with Gasteiger partial charge in [0, 0.05) is 11.6 Å². The highest BCUT2D eigenvalue weighted by Crippen LogP contribution is 2.21. The molecule has 1 aromatic heterocycles. The second kappa shape index (κ2) is 8.07. The topological polar surface area (TPSA) is 91.4 Å². The SMILES string of the molecule is O=C(CN1C(=O)N/C(=C\c2ccc(-c3ccccc3)cc2)C1=O)Nc1nccs1. The smallest absolute Gasteiger partial charge is 0.303 e. The Hall–Kier alpha value is -3.78. The highest BCUT2D eigenvalue weighted by molar-refractivity contribution is 7.13. The Morgan fingerprint density at radius 1 is 1.07 bits per heavy atom. The van der Waals surface area contributed by atoms with Crippen molar-refractivity contribution < 1.29 is 14.4 Å². The maximum absolute atomic E-state index is 12.5. The highest BCUT2D eigenvalue weighted by atomic mass is 32.1. The minimum absolute atomic E-state index is 0.129. The van der Waals surface area contributed by atoms with Gasteiger partial charge in [0.15, 0.2) is 5.13 Å². The number of nitrogens with zero attached hydrogens (tertiary/aromatic N) is 2. The lowest BCUT2D eigenvalue weighted by Crippen LogP contribution is -2.38. The lowest BCUT2D eigenvalue weighted by Gasteiger charge is -2.10. The number of carbonyl (C=O) groups is 3. The molecule has 0 spiro atoms. The normalized spacial score (nSPS) is 14.9. The molecule has 29 heavy (non-hydrogen) atoms. The van der Waals surface area contributed by atoms with Gasteiger partial charge in [-0.15, -0.1) is 11.3 Å². The van der Waals surface area contributed by atoms with E-state index in [1.165, 1.54) is 11.3 Å². The van der Waals surface area contributed by atoms with Gasteiger partial charge in [0.25, 0.3) is 5.91 Å². The standard InChI is InChI=1S/C21H16N4O3S/c26-18(24-20-22-10-11-29-20)13-25-19(27)17(23-21(25)28)12-14-6-8-16(9-7-14)15-4-2-1-3-5-15/h1-12H,13H2,(H,23,28)(H,22,24,26)/b17-12-. The van der Waals surface area contributed by atoms with E-state index in [2.05, 4.69) is 15.6 Å².